The highest BCUT2D eigenvalue weighted by Gasteiger charge is 2.30. The minimum atomic E-state index is -0.456. The topological polar surface area (TPSA) is 63.5 Å². The maximum Gasteiger partial charge on any atom is 0.270 e. The molecule has 7 heteroatoms. The van der Waals surface area contributed by atoms with Crippen molar-refractivity contribution >= 4 is 51.5 Å². The monoisotopic (exact) mass is 366 g/mol. The molecule has 0 spiro atoms. The smallest absolute Gasteiger partial charge is 0.270 e. The first-order valence-corrected chi connectivity index (χ1v) is 6.39. The number of anilines is 1. The number of carbonyl (C=O) groups is 1. The summed E-state index contributed by atoms with van der Waals surface area (Å²) >= 11 is 7.90. The van der Waals surface area contributed by atoms with Crippen LogP contribution >= 0.6 is 34.2 Å². The first kappa shape index (κ1) is 12.6. The van der Waals surface area contributed by atoms with Crippen molar-refractivity contribution in [3.05, 3.63) is 31.9 Å². The molecule has 0 saturated carbocycles. The van der Waals surface area contributed by atoms with Crippen molar-refractivity contribution in [2.24, 2.45) is 0 Å². The van der Waals surface area contributed by atoms with E-state index in [1.165, 1.54) is 12.1 Å². The number of nitro benzene ring substituents is 1. The van der Waals surface area contributed by atoms with Gasteiger partial charge in [0, 0.05) is 28.7 Å². The zero-order valence-electron chi connectivity index (χ0n) is 8.60. The van der Waals surface area contributed by atoms with E-state index < -0.39 is 4.92 Å². The number of rotatable bonds is 2. The Kier molecular flexibility index (Phi) is 3.53. The van der Waals surface area contributed by atoms with Crippen LogP contribution in [0.1, 0.15) is 6.42 Å². The van der Waals surface area contributed by atoms with Gasteiger partial charge in [-0.15, -0.1) is 11.6 Å². The maximum absolute atomic E-state index is 11.7. The molecule has 0 radical (unpaired) electrons. The molecule has 0 aromatic heterocycles. The van der Waals surface area contributed by atoms with Crippen molar-refractivity contribution in [2.45, 2.75) is 11.8 Å². The second kappa shape index (κ2) is 4.77. The van der Waals surface area contributed by atoms with E-state index in [0.29, 0.717) is 22.2 Å². The van der Waals surface area contributed by atoms with Crippen LogP contribution in [-0.4, -0.2) is 22.8 Å². The lowest BCUT2D eigenvalue weighted by atomic mass is 10.2. The molecule has 1 atom stereocenters. The molecular weight excluding hydrogens is 358 g/mol. The van der Waals surface area contributed by atoms with Crippen LogP contribution in [0.15, 0.2) is 18.2 Å². The normalized spacial score (nSPS) is 19.8. The Hall–Kier alpha value is -0.890. The Morgan fingerprint density at radius 1 is 1.53 bits per heavy atom. The minimum Gasteiger partial charge on any atom is -0.310 e. The predicted molar refractivity (Wildman–Crippen MR) is 72.4 cm³/mol. The summed E-state index contributed by atoms with van der Waals surface area (Å²) in [6.45, 7) is 0.453. The Bertz CT molecular complexity index is 494. The number of halogens is 2. The lowest BCUT2D eigenvalue weighted by molar-refractivity contribution is -0.384. The number of alkyl halides is 1. The number of nitrogens with zero attached hydrogens (tertiary/aromatic N) is 2. The summed E-state index contributed by atoms with van der Waals surface area (Å²) in [4.78, 5) is 23.4. The van der Waals surface area contributed by atoms with Crippen molar-refractivity contribution in [3.63, 3.8) is 0 Å². The molecule has 1 aliphatic rings. The molecule has 0 aliphatic carbocycles. The van der Waals surface area contributed by atoms with E-state index in [-0.39, 0.29) is 17.0 Å². The van der Waals surface area contributed by atoms with Crippen molar-refractivity contribution < 1.29 is 9.72 Å². The van der Waals surface area contributed by atoms with E-state index in [1.807, 2.05) is 22.6 Å². The predicted octanol–water partition coefficient (Wildman–Crippen LogP) is 2.54. The molecule has 1 unspecified atom stereocenters. The van der Waals surface area contributed by atoms with Crippen LogP contribution < -0.4 is 4.90 Å². The number of non-ortho nitro benzene ring substituents is 1. The second-order valence-electron chi connectivity index (χ2n) is 3.70. The third-order valence-electron chi connectivity index (χ3n) is 2.51. The zero-order chi connectivity index (χ0) is 12.6. The van der Waals surface area contributed by atoms with E-state index >= 15 is 0 Å². The van der Waals surface area contributed by atoms with Gasteiger partial charge < -0.3 is 4.90 Å². The van der Waals surface area contributed by atoms with E-state index in [0.717, 1.165) is 0 Å². The molecule has 1 heterocycles. The minimum absolute atomic E-state index is 0.0206. The van der Waals surface area contributed by atoms with Crippen LogP contribution in [0, 0.1) is 13.7 Å². The van der Waals surface area contributed by atoms with Crippen LogP contribution in [-0.2, 0) is 4.79 Å². The molecule has 1 amide bonds. The standard InChI is InChI=1S/C10H8ClIN2O3/c11-6-3-10(15)13(5-6)9-2-1-7(14(16)17)4-8(9)12/h1-2,4,6H,3,5H2. The van der Waals surface area contributed by atoms with Gasteiger partial charge in [-0.05, 0) is 28.7 Å². The maximum atomic E-state index is 11.7. The number of nitro groups is 1. The number of hydrogen-bond acceptors (Lipinski definition) is 3. The summed E-state index contributed by atoms with van der Waals surface area (Å²) < 4.78 is 0.677. The molecule has 1 aliphatic heterocycles. The van der Waals surface area contributed by atoms with Gasteiger partial charge in [0.15, 0.2) is 0 Å². The number of hydrogen-bond donors (Lipinski definition) is 0. The van der Waals surface area contributed by atoms with Gasteiger partial charge in [-0.1, -0.05) is 0 Å². The summed E-state index contributed by atoms with van der Waals surface area (Å²) in [5, 5.41) is 10.4. The summed E-state index contributed by atoms with van der Waals surface area (Å²) in [5.41, 5.74) is 0.705. The first-order valence-electron chi connectivity index (χ1n) is 4.87. The molecule has 1 fully saturated rings. The fraction of sp³-hybridized carbons (Fsp3) is 0.300. The zero-order valence-corrected chi connectivity index (χ0v) is 11.5. The number of carbonyl (C=O) groups excluding carboxylic acids is 1. The van der Waals surface area contributed by atoms with Crippen LogP contribution in [0.4, 0.5) is 11.4 Å². The van der Waals surface area contributed by atoms with Gasteiger partial charge in [0.1, 0.15) is 0 Å². The summed E-state index contributed by atoms with van der Waals surface area (Å²) in [6, 6.07) is 4.43. The molecular formula is C10H8ClIN2O3. The van der Waals surface area contributed by atoms with Gasteiger partial charge in [-0.25, -0.2) is 0 Å². The molecule has 90 valence electrons. The number of benzene rings is 1. The van der Waals surface area contributed by atoms with E-state index in [9.17, 15) is 14.9 Å². The molecule has 1 aromatic rings. The average molecular weight is 367 g/mol. The third kappa shape index (κ3) is 2.52. The highest BCUT2D eigenvalue weighted by Crippen LogP contribution is 2.30. The molecule has 1 aromatic carbocycles. The molecule has 0 bridgehead atoms. The van der Waals surface area contributed by atoms with Gasteiger partial charge in [0.2, 0.25) is 5.91 Å². The quantitative estimate of drug-likeness (QED) is 0.350. The van der Waals surface area contributed by atoms with Crippen LogP contribution in [0.2, 0.25) is 0 Å². The van der Waals surface area contributed by atoms with Crippen molar-refractivity contribution in [1.29, 1.82) is 0 Å². The Morgan fingerprint density at radius 2 is 2.24 bits per heavy atom. The highest BCUT2D eigenvalue weighted by atomic mass is 127. The highest BCUT2D eigenvalue weighted by molar-refractivity contribution is 14.1. The number of amides is 1. The second-order valence-corrected chi connectivity index (χ2v) is 5.48. The molecule has 1 saturated heterocycles. The molecule has 17 heavy (non-hydrogen) atoms. The van der Waals surface area contributed by atoms with Gasteiger partial charge in [0.05, 0.1) is 16.0 Å². The first-order chi connectivity index (χ1) is 7.99. The molecule has 2 rings (SSSR count). The fourth-order valence-electron chi connectivity index (χ4n) is 1.73. The van der Waals surface area contributed by atoms with Gasteiger partial charge >= 0.3 is 0 Å². The van der Waals surface area contributed by atoms with Gasteiger partial charge in [-0.3, -0.25) is 14.9 Å². The molecule has 0 N–H and O–H groups in total. The Labute approximate surface area is 116 Å². The molecule has 5 nitrogen and oxygen atoms in total. The third-order valence-corrected chi connectivity index (χ3v) is 3.67. The van der Waals surface area contributed by atoms with Crippen molar-refractivity contribution in [1.82, 2.24) is 0 Å². The van der Waals surface area contributed by atoms with Crippen molar-refractivity contribution in [2.75, 3.05) is 11.4 Å². The lowest BCUT2D eigenvalue weighted by Gasteiger charge is -2.17. The lowest BCUT2D eigenvalue weighted by Crippen LogP contribution is -2.25. The SMILES string of the molecule is O=C1CC(Cl)CN1c1ccc([N+](=O)[O-])cc1I. The van der Waals surface area contributed by atoms with Gasteiger partial charge in [0.25, 0.3) is 5.69 Å². The van der Waals surface area contributed by atoms with Crippen LogP contribution in [0.3, 0.4) is 0 Å². The Morgan fingerprint density at radius 3 is 2.71 bits per heavy atom. The van der Waals surface area contributed by atoms with Crippen molar-refractivity contribution in [3.8, 4) is 0 Å². The average Bonchev–Trinajstić information content (AvgIpc) is 2.57. The summed E-state index contributed by atoms with van der Waals surface area (Å²) in [5.74, 6) is -0.0447. The van der Waals surface area contributed by atoms with E-state index in [4.69, 9.17) is 11.6 Å². The van der Waals surface area contributed by atoms with Gasteiger partial charge in [-0.2, -0.15) is 0 Å². The summed E-state index contributed by atoms with van der Waals surface area (Å²) in [7, 11) is 0. The Balaban J connectivity index is 2.34. The van der Waals surface area contributed by atoms with E-state index in [2.05, 4.69) is 0 Å². The fourth-order valence-corrected chi connectivity index (χ4v) is 2.79. The summed E-state index contributed by atoms with van der Waals surface area (Å²) in [6.07, 6.45) is 0.314. The largest absolute Gasteiger partial charge is 0.310 e. The van der Waals surface area contributed by atoms with E-state index in [1.54, 1.807) is 11.0 Å². The van der Waals surface area contributed by atoms with Crippen LogP contribution in [0.25, 0.3) is 0 Å². The van der Waals surface area contributed by atoms with Crippen LogP contribution in [0.5, 0.6) is 0 Å².